The van der Waals surface area contributed by atoms with E-state index >= 15 is 0 Å². The molecule has 0 aliphatic heterocycles. The van der Waals surface area contributed by atoms with E-state index in [-0.39, 0.29) is 31.3 Å². The molecular formula is C23H22N4O7. The van der Waals surface area contributed by atoms with Gasteiger partial charge in [-0.1, -0.05) is 53.7 Å². The summed E-state index contributed by atoms with van der Waals surface area (Å²) in [6.07, 6.45) is -1.37. The van der Waals surface area contributed by atoms with Crippen LogP contribution >= 0.6 is 0 Å². The van der Waals surface area contributed by atoms with E-state index in [9.17, 15) is 19.2 Å². The van der Waals surface area contributed by atoms with Crippen LogP contribution in [0.2, 0.25) is 0 Å². The molecule has 3 aromatic rings. The van der Waals surface area contributed by atoms with Crippen molar-refractivity contribution in [1.29, 1.82) is 0 Å². The Balaban J connectivity index is 1.35. The highest BCUT2D eigenvalue weighted by molar-refractivity contribution is 5.89. The van der Waals surface area contributed by atoms with Gasteiger partial charge in [-0.05, 0) is 22.3 Å². The van der Waals surface area contributed by atoms with Crippen molar-refractivity contribution < 1.29 is 28.8 Å². The zero-order valence-electron chi connectivity index (χ0n) is 17.9. The third-order valence-electron chi connectivity index (χ3n) is 5.48. The first-order chi connectivity index (χ1) is 16.4. The molecule has 1 aromatic heterocycles. The first-order valence-corrected chi connectivity index (χ1v) is 10.6. The second kappa shape index (κ2) is 10.0. The number of H-pyrrole nitrogens is 1. The molecule has 4 rings (SSSR count). The minimum Gasteiger partial charge on any atom is -0.481 e. The molecule has 1 aliphatic rings. The van der Waals surface area contributed by atoms with Crippen LogP contribution in [0.25, 0.3) is 11.1 Å². The number of benzene rings is 2. The first-order valence-electron chi connectivity index (χ1n) is 10.6. The normalized spacial score (nSPS) is 12.9. The van der Waals surface area contributed by atoms with Crippen molar-refractivity contribution in [3.8, 4) is 11.1 Å². The summed E-state index contributed by atoms with van der Waals surface area (Å²) in [4.78, 5) is 49.4. The molecule has 2 amide bonds. The van der Waals surface area contributed by atoms with Gasteiger partial charge in [-0.15, -0.1) is 0 Å². The maximum absolute atomic E-state index is 12.4. The van der Waals surface area contributed by atoms with E-state index < -0.39 is 36.2 Å². The number of nitrogens with one attached hydrogen (secondary N) is 3. The fraction of sp³-hybridized carbons (Fsp3) is 0.261. The van der Waals surface area contributed by atoms with Gasteiger partial charge in [0.25, 0.3) is 0 Å². The number of ether oxygens (including phenoxy) is 1. The highest BCUT2D eigenvalue weighted by Crippen LogP contribution is 2.44. The number of aromatic amines is 1. The molecule has 1 atom stereocenters. The van der Waals surface area contributed by atoms with Crippen molar-refractivity contribution in [2.75, 3.05) is 13.2 Å². The molecule has 0 radical (unpaired) electrons. The molecule has 0 fully saturated rings. The minimum absolute atomic E-state index is 0.0286. The van der Waals surface area contributed by atoms with Crippen LogP contribution in [0.4, 0.5) is 4.79 Å². The number of amides is 2. The molecule has 1 unspecified atom stereocenters. The second-order valence-corrected chi connectivity index (χ2v) is 7.70. The van der Waals surface area contributed by atoms with E-state index in [1.165, 1.54) is 0 Å². The Kier molecular flexibility index (Phi) is 6.72. The molecular weight excluding hydrogens is 444 g/mol. The van der Waals surface area contributed by atoms with Crippen LogP contribution in [0.5, 0.6) is 0 Å². The van der Waals surface area contributed by atoms with Crippen LogP contribution < -0.4 is 16.4 Å². The zero-order chi connectivity index (χ0) is 24.1. The lowest BCUT2D eigenvalue weighted by molar-refractivity contribution is -0.139. The number of fused-ring (bicyclic) bond motifs is 3. The maximum Gasteiger partial charge on any atom is 0.438 e. The lowest BCUT2D eigenvalue weighted by atomic mass is 9.98. The van der Waals surface area contributed by atoms with E-state index in [1.807, 2.05) is 48.5 Å². The Morgan fingerprint density at radius 1 is 1.09 bits per heavy atom. The number of carbonyl (C=O) groups is 3. The van der Waals surface area contributed by atoms with Crippen LogP contribution in [0.15, 0.2) is 57.8 Å². The third-order valence-corrected chi connectivity index (χ3v) is 5.48. The number of carbonyl (C=O) groups excluding carboxylic acids is 2. The van der Waals surface area contributed by atoms with E-state index in [2.05, 4.69) is 25.3 Å². The topological polar surface area (TPSA) is 164 Å². The quantitative estimate of drug-likeness (QED) is 0.368. The highest BCUT2D eigenvalue weighted by atomic mass is 16.5. The van der Waals surface area contributed by atoms with Crippen LogP contribution in [0.3, 0.4) is 0 Å². The minimum atomic E-state index is -1.34. The largest absolute Gasteiger partial charge is 0.481 e. The number of hydrogen-bond donors (Lipinski definition) is 4. The van der Waals surface area contributed by atoms with E-state index in [4.69, 9.17) is 9.84 Å². The summed E-state index contributed by atoms with van der Waals surface area (Å²) in [5.74, 6) is -2.64. The standard InChI is InChI=1S/C23H22N4O7/c28-20(29)11-18(21(30)24-10-9-19-26-23(32)34-27-19)25-22(31)33-12-17-15-7-3-1-5-13(15)14-6-2-4-8-16(14)17/h1-8,17-18H,9-12H2,(H,24,30)(H,25,31)(H,28,29)(H,26,27,32). The maximum atomic E-state index is 12.4. The van der Waals surface area contributed by atoms with Crippen molar-refractivity contribution in [3.05, 3.63) is 76.0 Å². The number of alkyl carbamates (subject to hydrolysis) is 1. The van der Waals surface area contributed by atoms with Gasteiger partial charge < -0.3 is 20.5 Å². The molecule has 4 N–H and O–H groups in total. The Bertz CT molecular complexity index is 1220. The van der Waals surface area contributed by atoms with Crippen molar-refractivity contribution in [3.63, 3.8) is 0 Å². The average Bonchev–Trinajstić information content (AvgIpc) is 3.37. The number of hydrogen-bond acceptors (Lipinski definition) is 7. The molecule has 11 heteroatoms. The summed E-state index contributed by atoms with van der Waals surface area (Å²) in [7, 11) is 0. The molecule has 0 saturated heterocycles. The van der Waals surface area contributed by atoms with Crippen LogP contribution in [-0.2, 0) is 20.7 Å². The molecule has 1 heterocycles. The fourth-order valence-corrected chi connectivity index (χ4v) is 3.96. The first kappa shape index (κ1) is 22.8. The Morgan fingerprint density at radius 2 is 1.74 bits per heavy atom. The molecule has 0 spiro atoms. The van der Waals surface area contributed by atoms with Gasteiger partial charge in [-0.25, -0.2) is 9.59 Å². The van der Waals surface area contributed by atoms with Crippen LogP contribution in [0, 0.1) is 0 Å². The van der Waals surface area contributed by atoms with E-state index in [0.717, 1.165) is 22.3 Å². The van der Waals surface area contributed by atoms with Gasteiger partial charge in [-0.3, -0.25) is 19.1 Å². The number of aliphatic carboxylic acids is 1. The van der Waals surface area contributed by atoms with Crippen LogP contribution in [-0.4, -0.2) is 52.4 Å². The van der Waals surface area contributed by atoms with Crippen molar-refractivity contribution in [1.82, 2.24) is 20.8 Å². The van der Waals surface area contributed by atoms with Crippen molar-refractivity contribution >= 4 is 18.0 Å². The summed E-state index contributed by atoms with van der Waals surface area (Å²) in [6.45, 7) is 0.0740. The number of nitrogens with zero attached hydrogens (tertiary/aromatic N) is 1. The summed E-state index contributed by atoms with van der Waals surface area (Å²) in [5.41, 5.74) is 4.21. The molecule has 176 valence electrons. The summed E-state index contributed by atoms with van der Waals surface area (Å²) >= 11 is 0. The molecule has 0 bridgehead atoms. The third kappa shape index (κ3) is 5.14. The Labute approximate surface area is 193 Å². The van der Waals surface area contributed by atoms with Gasteiger partial charge in [0.2, 0.25) is 5.91 Å². The molecule has 2 aromatic carbocycles. The number of rotatable bonds is 9. The Hall–Kier alpha value is -4.41. The summed E-state index contributed by atoms with van der Waals surface area (Å²) in [6, 6.07) is 14.4. The molecule has 11 nitrogen and oxygen atoms in total. The lowest BCUT2D eigenvalue weighted by Gasteiger charge is -2.18. The second-order valence-electron chi connectivity index (χ2n) is 7.70. The monoisotopic (exact) mass is 466 g/mol. The SMILES string of the molecule is O=C(O)CC(NC(=O)OCC1c2ccccc2-c2ccccc21)C(=O)NCCc1noc(=O)[nH]1. The van der Waals surface area contributed by atoms with Crippen LogP contribution in [0.1, 0.15) is 29.3 Å². The van der Waals surface area contributed by atoms with Gasteiger partial charge >= 0.3 is 17.8 Å². The van der Waals surface area contributed by atoms with Gasteiger partial charge in [0.15, 0.2) is 5.82 Å². The van der Waals surface area contributed by atoms with Gasteiger partial charge in [0.05, 0.1) is 6.42 Å². The molecule has 34 heavy (non-hydrogen) atoms. The van der Waals surface area contributed by atoms with Crippen molar-refractivity contribution in [2.45, 2.75) is 24.8 Å². The molecule has 1 aliphatic carbocycles. The predicted octanol–water partition coefficient (Wildman–Crippen LogP) is 1.40. The van der Waals surface area contributed by atoms with E-state index in [1.54, 1.807) is 0 Å². The summed E-state index contributed by atoms with van der Waals surface area (Å²) in [5, 5.41) is 17.4. The number of carboxylic acids is 1. The number of aromatic nitrogens is 2. The van der Waals surface area contributed by atoms with Gasteiger partial charge in [0.1, 0.15) is 12.6 Å². The highest BCUT2D eigenvalue weighted by Gasteiger charge is 2.30. The van der Waals surface area contributed by atoms with Gasteiger partial charge in [-0.2, -0.15) is 0 Å². The zero-order valence-corrected chi connectivity index (χ0v) is 17.9. The predicted molar refractivity (Wildman–Crippen MR) is 118 cm³/mol. The average molecular weight is 466 g/mol. The van der Waals surface area contributed by atoms with Gasteiger partial charge in [0, 0.05) is 18.9 Å². The lowest BCUT2D eigenvalue weighted by Crippen LogP contribution is -2.48. The molecule has 0 saturated carbocycles. The number of carboxylic acid groups (broad SMARTS) is 1. The fourth-order valence-electron chi connectivity index (χ4n) is 3.96. The van der Waals surface area contributed by atoms with E-state index in [0.29, 0.717) is 0 Å². The summed E-state index contributed by atoms with van der Waals surface area (Å²) < 4.78 is 9.76. The van der Waals surface area contributed by atoms with Crippen molar-refractivity contribution in [2.24, 2.45) is 0 Å². The Morgan fingerprint density at radius 3 is 2.32 bits per heavy atom. The smallest absolute Gasteiger partial charge is 0.438 e.